The van der Waals surface area contributed by atoms with Crippen LogP contribution in [0.2, 0.25) is 0 Å². The largest absolute Gasteiger partial charge is 0.480 e. The van der Waals surface area contributed by atoms with Crippen molar-refractivity contribution in [2.45, 2.75) is 167 Å². The van der Waals surface area contributed by atoms with Crippen LogP contribution in [0.5, 0.6) is 0 Å². The van der Waals surface area contributed by atoms with Crippen molar-refractivity contribution >= 4 is 25.7 Å². The number of rotatable bonds is 39. The summed E-state index contributed by atoms with van der Waals surface area (Å²) in [5, 5.41) is 28.9. The van der Waals surface area contributed by atoms with Crippen molar-refractivity contribution in [3.05, 3.63) is 85.1 Å². The van der Waals surface area contributed by atoms with Gasteiger partial charge in [0.05, 0.1) is 25.4 Å². The highest BCUT2D eigenvalue weighted by atomic mass is 31.2. The zero-order chi connectivity index (χ0) is 44.5. The summed E-state index contributed by atoms with van der Waals surface area (Å²) in [6, 6.07) is -1.56. The van der Waals surface area contributed by atoms with Crippen LogP contribution in [0, 0.1) is 0 Å². The molecule has 0 radical (unpaired) electrons. The third-order valence-electron chi connectivity index (χ3n) is 8.80. The number of carbonyl (C=O) groups excluding carboxylic acids is 2. The number of carbonyl (C=O) groups is 3. The van der Waals surface area contributed by atoms with E-state index in [1.54, 1.807) is 30.4 Å². The number of phosphoric ester groups is 1. The van der Waals surface area contributed by atoms with Gasteiger partial charge in [-0.15, -0.1) is 0 Å². The molecule has 0 aromatic heterocycles. The molecule has 0 aliphatic rings. The van der Waals surface area contributed by atoms with Crippen molar-refractivity contribution in [2.24, 2.45) is 5.73 Å². The molecule has 0 aromatic rings. The number of carboxylic acid groups (broad SMARTS) is 1. The Kier molecular flexibility index (Phi) is 37.4. The first-order valence-corrected chi connectivity index (χ1v) is 23.3. The predicted octanol–water partition coefficient (Wildman–Crippen LogP) is 9.44. The highest BCUT2D eigenvalue weighted by Crippen LogP contribution is 2.43. The fourth-order valence-corrected chi connectivity index (χ4v) is 6.11. The van der Waals surface area contributed by atoms with Crippen LogP contribution < -0.4 is 5.73 Å². The highest BCUT2D eigenvalue weighted by molar-refractivity contribution is 7.47. The molecule has 6 N–H and O–H groups in total. The van der Waals surface area contributed by atoms with Crippen LogP contribution in [0.3, 0.4) is 0 Å². The molecule has 60 heavy (non-hydrogen) atoms. The molecule has 0 aliphatic heterocycles. The maximum absolute atomic E-state index is 12.6. The van der Waals surface area contributed by atoms with Gasteiger partial charge in [0.2, 0.25) is 0 Å². The summed E-state index contributed by atoms with van der Waals surface area (Å²) in [5.41, 5.74) is 5.32. The van der Waals surface area contributed by atoms with E-state index >= 15 is 0 Å². The summed E-state index contributed by atoms with van der Waals surface area (Å²) < 4.78 is 32.5. The first kappa shape index (κ1) is 56.6. The third kappa shape index (κ3) is 38.8. The van der Waals surface area contributed by atoms with Gasteiger partial charge < -0.3 is 35.4 Å². The van der Waals surface area contributed by atoms with Gasteiger partial charge in [-0.25, -0.2) is 4.57 Å². The molecule has 342 valence electrons. The number of aliphatic hydroxyl groups excluding tert-OH is 2. The van der Waals surface area contributed by atoms with Gasteiger partial charge in [-0.2, -0.15) is 0 Å². The molecular formula is C46H76NO12P. The second-order valence-electron chi connectivity index (χ2n) is 14.5. The van der Waals surface area contributed by atoms with Crippen LogP contribution in [-0.2, 0) is 37.5 Å². The Bertz CT molecular complexity index is 1370. The maximum atomic E-state index is 12.6. The molecule has 0 heterocycles. The molecule has 0 saturated carbocycles. The Morgan fingerprint density at radius 1 is 0.633 bits per heavy atom. The summed E-state index contributed by atoms with van der Waals surface area (Å²) in [4.78, 5) is 46.0. The molecular weight excluding hydrogens is 789 g/mol. The number of aliphatic carboxylic acids is 1. The van der Waals surface area contributed by atoms with E-state index in [0.717, 1.165) is 44.9 Å². The van der Waals surface area contributed by atoms with Crippen molar-refractivity contribution in [1.82, 2.24) is 0 Å². The summed E-state index contributed by atoms with van der Waals surface area (Å²) in [6.07, 6.45) is 41.5. The van der Waals surface area contributed by atoms with Crippen LogP contribution in [0.25, 0.3) is 0 Å². The van der Waals surface area contributed by atoms with Gasteiger partial charge in [-0.05, 0) is 64.2 Å². The van der Waals surface area contributed by atoms with Gasteiger partial charge >= 0.3 is 25.7 Å². The number of nitrogens with two attached hydrogens (primary N) is 1. The van der Waals surface area contributed by atoms with E-state index in [2.05, 4.69) is 23.6 Å². The highest BCUT2D eigenvalue weighted by Gasteiger charge is 2.28. The monoisotopic (exact) mass is 866 g/mol. The number of allylic oxidation sites excluding steroid dienone is 10. The summed E-state index contributed by atoms with van der Waals surface area (Å²) in [5.74, 6) is -2.61. The van der Waals surface area contributed by atoms with E-state index in [1.807, 2.05) is 49.5 Å². The third-order valence-corrected chi connectivity index (χ3v) is 9.75. The first-order chi connectivity index (χ1) is 28.9. The van der Waals surface area contributed by atoms with Crippen LogP contribution in [0.4, 0.5) is 0 Å². The smallest absolute Gasteiger partial charge is 0.472 e. The van der Waals surface area contributed by atoms with Crippen LogP contribution in [0.1, 0.15) is 142 Å². The zero-order valence-corrected chi connectivity index (χ0v) is 37.1. The topological polar surface area (TPSA) is 212 Å². The summed E-state index contributed by atoms with van der Waals surface area (Å²) >= 11 is 0. The molecule has 0 aromatic carbocycles. The van der Waals surface area contributed by atoms with E-state index in [4.69, 9.17) is 24.8 Å². The molecule has 1 unspecified atom stereocenters. The first-order valence-electron chi connectivity index (χ1n) is 21.8. The fourth-order valence-electron chi connectivity index (χ4n) is 5.33. The minimum atomic E-state index is -4.77. The SMILES string of the molecule is CC/C=C\C[C@@H](O)/C=C/C=C\C/C=C\C=C\[C@@H](O)/C=C\CCCC(=O)OC[C@H](COP(=O)(O)OC[C@H](N)C(=O)O)OC(=O)CCCCCCC/C=C\CCCCCCCC. The van der Waals surface area contributed by atoms with Gasteiger partial charge in [0, 0.05) is 12.8 Å². The predicted molar refractivity (Wildman–Crippen MR) is 238 cm³/mol. The normalized spacial score (nSPS) is 15.6. The van der Waals surface area contributed by atoms with Crippen molar-refractivity contribution in [3.8, 4) is 0 Å². The van der Waals surface area contributed by atoms with E-state index in [9.17, 15) is 34.1 Å². The van der Waals surface area contributed by atoms with Crippen LogP contribution >= 0.6 is 7.82 Å². The summed E-state index contributed by atoms with van der Waals surface area (Å²) in [6.45, 7) is 2.39. The number of hydrogen-bond acceptors (Lipinski definition) is 11. The number of esters is 2. The van der Waals surface area contributed by atoms with E-state index in [1.165, 1.54) is 38.5 Å². The Balaban J connectivity index is 4.63. The molecule has 13 nitrogen and oxygen atoms in total. The molecule has 0 spiro atoms. The second-order valence-corrected chi connectivity index (χ2v) is 15.9. The van der Waals surface area contributed by atoms with Gasteiger partial charge in [0.25, 0.3) is 0 Å². The lowest BCUT2D eigenvalue weighted by Crippen LogP contribution is -2.34. The Labute approximate surface area is 359 Å². The standard InChI is InChI=1S/C46H76NO12P/c1-3-5-7-8-9-10-11-12-13-14-15-16-20-23-29-36-45(51)59-42(38-57-60(54,55)58-39-43(47)46(52)53)37-56-44(50)35-30-24-28-34-41(49)33-27-22-19-17-18-21-26-32-40(48)31-25-6-4-2/h6,12-13,18-19,21-22,25-28,32-34,40-43,48-49H,3-5,7-11,14-17,20,23-24,29-31,35-39,47H2,1-2H3,(H,52,53)(H,54,55)/b13-12-,21-18-,22-19-,25-6-,32-26+,33-27+,34-28-/t40-,41-,42-,43+/m1/s1. The second kappa shape index (κ2) is 39.7. The molecule has 0 fully saturated rings. The minimum Gasteiger partial charge on any atom is -0.480 e. The van der Waals surface area contributed by atoms with Crippen LogP contribution in [0.15, 0.2) is 85.1 Å². The Morgan fingerprint density at radius 3 is 1.87 bits per heavy atom. The summed E-state index contributed by atoms with van der Waals surface area (Å²) in [7, 11) is -4.77. The molecule has 0 aliphatic carbocycles. The van der Waals surface area contributed by atoms with E-state index < -0.39 is 69.9 Å². The van der Waals surface area contributed by atoms with Crippen molar-refractivity contribution in [2.75, 3.05) is 19.8 Å². The lowest BCUT2D eigenvalue weighted by molar-refractivity contribution is -0.161. The van der Waals surface area contributed by atoms with E-state index in [-0.39, 0.29) is 12.8 Å². The van der Waals surface area contributed by atoms with Gasteiger partial charge in [0.1, 0.15) is 12.6 Å². The quantitative estimate of drug-likeness (QED) is 0.0128. The number of carboxylic acids is 1. The lowest BCUT2D eigenvalue weighted by atomic mass is 10.1. The molecule has 0 bridgehead atoms. The Morgan fingerprint density at radius 2 is 1.22 bits per heavy atom. The van der Waals surface area contributed by atoms with E-state index in [0.29, 0.717) is 32.1 Å². The van der Waals surface area contributed by atoms with Crippen LogP contribution in [-0.4, -0.2) is 82.3 Å². The number of unbranched alkanes of at least 4 members (excludes halogenated alkanes) is 12. The molecule has 14 heteroatoms. The number of ether oxygens (including phenoxy) is 2. The number of hydrogen-bond donors (Lipinski definition) is 5. The minimum absolute atomic E-state index is 0.0295. The number of aliphatic hydroxyl groups is 2. The van der Waals surface area contributed by atoms with Crippen molar-refractivity contribution < 1.29 is 57.7 Å². The fraction of sp³-hybridized carbons (Fsp3) is 0.630. The van der Waals surface area contributed by atoms with Gasteiger partial charge in [-0.3, -0.25) is 23.4 Å². The molecule has 0 amide bonds. The zero-order valence-electron chi connectivity index (χ0n) is 36.2. The van der Waals surface area contributed by atoms with Gasteiger partial charge in [0.15, 0.2) is 6.10 Å². The molecule has 5 atom stereocenters. The van der Waals surface area contributed by atoms with Crippen molar-refractivity contribution in [1.29, 1.82) is 0 Å². The molecule has 0 rings (SSSR count). The average molecular weight is 866 g/mol. The number of phosphoric acid groups is 1. The maximum Gasteiger partial charge on any atom is 0.472 e. The lowest BCUT2D eigenvalue weighted by Gasteiger charge is -2.20. The van der Waals surface area contributed by atoms with Crippen molar-refractivity contribution in [3.63, 3.8) is 0 Å². The average Bonchev–Trinajstić information content (AvgIpc) is 3.21. The molecule has 0 saturated heterocycles. The Hall–Kier alpha value is -3.42. The van der Waals surface area contributed by atoms with Gasteiger partial charge in [-0.1, -0.05) is 150 Å².